The summed E-state index contributed by atoms with van der Waals surface area (Å²) < 4.78 is 29.4. The Hall–Kier alpha value is -3.61. The van der Waals surface area contributed by atoms with Crippen molar-refractivity contribution in [1.82, 2.24) is 15.0 Å². The van der Waals surface area contributed by atoms with E-state index in [0.29, 0.717) is 48.7 Å². The highest BCUT2D eigenvalue weighted by Gasteiger charge is 2.65. The van der Waals surface area contributed by atoms with Crippen LogP contribution < -0.4 is 10.2 Å². The van der Waals surface area contributed by atoms with Crippen molar-refractivity contribution < 1.29 is 28.3 Å². The summed E-state index contributed by atoms with van der Waals surface area (Å²) in [5, 5.41) is 21.5. The van der Waals surface area contributed by atoms with Gasteiger partial charge in [-0.25, -0.2) is 4.79 Å². The van der Waals surface area contributed by atoms with Gasteiger partial charge in [0.1, 0.15) is 6.61 Å². The van der Waals surface area contributed by atoms with Crippen LogP contribution in [0.3, 0.4) is 0 Å². The van der Waals surface area contributed by atoms with E-state index < -0.39 is 37.7 Å². The Bertz CT molecular complexity index is 1460. The van der Waals surface area contributed by atoms with Gasteiger partial charge in [-0.2, -0.15) is 0 Å². The fourth-order valence-corrected chi connectivity index (χ4v) is 9.36. The van der Waals surface area contributed by atoms with E-state index in [2.05, 4.69) is 15.6 Å². The predicted molar refractivity (Wildman–Crippen MR) is 152 cm³/mol. The molecule has 1 aromatic heterocycles. The first-order valence-electron chi connectivity index (χ1n) is 14.0. The quantitative estimate of drug-likeness (QED) is 0.304. The standard InChI is InChI=1S/C29H34FN5O5Si/c1-18-26(41(2,3)30)25(11-12-34-16-24(32-33-34)21(17-36)19-7-5-4-6-8-19)40-29(18)22-15-20(35-13-14-39-28(35)38)9-10-23(22)31-27(29)37/h4-10,15-16,18,21,25-26,36H,11-14,17H2,1-3H3,(H,31,37)/t18-,21?,25+,26-,29+/m0/s1. The number of rotatable bonds is 8. The van der Waals surface area contributed by atoms with Gasteiger partial charge in [0.25, 0.3) is 5.91 Å². The van der Waals surface area contributed by atoms with Gasteiger partial charge in [-0.3, -0.25) is 14.4 Å². The zero-order chi connectivity index (χ0) is 28.9. The Morgan fingerprint density at radius 1 is 1.22 bits per heavy atom. The first kappa shape index (κ1) is 27.6. The summed E-state index contributed by atoms with van der Waals surface area (Å²) in [6.45, 7) is 6.22. The molecule has 1 spiro atoms. The first-order valence-corrected chi connectivity index (χ1v) is 16.9. The molecule has 2 N–H and O–H groups in total. The molecule has 6 rings (SSSR count). The van der Waals surface area contributed by atoms with Crippen LogP contribution in [0, 0.1) is 5.92 Å². The molecule has 10 nitrogen and oxygen atoms in total. The van der Waals surface area contributed by atoms with Crippen LogP contribution in [-0.4, -0.2) is 66.4 Å². The zero-order valence-corrected chi connectivity index (χ0v) is 24.3. The minimum Gasteiger partial charge on any atom is -0.447 e. The van der Waals surface area contributed by atoms with Crippen LogP contribution >= 0.6 is 0 Å². The molecule has 216 valence electrons. The van der Waals surface area contributed by atoms with Crippen molar-refractivity contribution in [1.29, 1.82) is 0 Å². The number of carbonyl (C=O) groups is 2. The Kier molecular flexibility index (Phi) is 6.95. The van der Waals surface area contributed by atoms with Gasteiger partial charge in [0.05, 0.1) is 30.9 Å². The molecule has 2 amide bonds. The average molecular weight is 580 g/mol. The van der Waals surface area contributed by atoms with Crippen LogP contribution in [0.5, 0.6) is 0 Å². The van der Waals surface area contributed by atoms with Gasteiger partial charge >= 0.3 is 6.09 Å². The van der Waals surface area contributed by atoms with Crippen LogP contribution in [0.25, 0.3) is 0 Å². The smallest absolute Gasteiger partial charge is 0.414 e. The zero-order valence-electron chi connectivity index (χ0n) is 23.3. The van der Waals surface area contributed by atoms with Gasteiger partial charge in [0.2, 0.25) is 8.41 Å². The molecule has 1 unspecified atom stereocenters. The highest BCUT2D eigenvalue weighted by atomic mass is 28.4. The minimum atomic E-state index is -3.31. The predicted octanol–water partition coefficient (Wildman–Crippen LogP) is 4.18. The number of aliphatic hydroxyl groups excluding tert-OH is 1. The third-order valence-electron chi connectivity index (χ3n) is 8.71. The van der Waals surface area contributed by atoms with Crippen molar-refractivity contribution >= 4 is 31.8 Å². The van der Waals surface area contributed by atoms with E-state index in [0.717, 1.165) is 5.56 Å². The molecule has 3 aliphatic rings. The maximum atomic E-state index is 16.0. The van der Waals surface area contributed by atoms with E-state index in [-0.39, 0.29) is 18.4 Å². The van der Waals surface area contributed by atoms with Gasteiger partial charge in [-0.05, 0) is 43.3 Å². The number of amides is 2. The molecule has 0 radical (unpaired) electrons. The van der Waals surface area contributed by atoms with Gasteiger partial charge in [0.15, 0.2) is 5.60 Å². The summed E-state index contributed by atoms with van der Waals surface area (Å²) in [5.74, 6) is -1.06. The van der Waals surface area contributed by atoms with Crippen molar-refractivity contribution in [3.63, 3.8) is 0 Å². The second kappa shape index (κ2) is 10.3. The SMILES string of the molecule is C[C@H]1[C@H]([Si](C)(C)F)[C@@H](CCn2cc(C(CO)c3ccccc3)nn2)O[C@]12C(=O)Nc1ccc(N3CCOC3=O)cc12. The number of halogens is 1. The average Bonchev–Trinajstić information content (AvgIpc) is 3.71. The van der Waals surface area contributed by atoms with Gasteiger partial charge < -0.3 is 24.0 Å². The van der Waals surface area contributed by atoms with E-state index in [1.165, 1.54) is 4.90 Å². The number of aromatic nitrogens is 3. The lowest BCUT2D eigenvalue weighted by Gasteiger charge is -2.30. The van der Waals surface area contributed by atoms with Crippen LogP contribution in [0.15, 0.2) is 54.7 Å². The number of hydrogen-bond donors (Lipinski definition) is 2. The van der Waals surface area contributed by atoms with Crippen LogP contribution in [-0.2, 0) is 26.4 Å². The van der Waals surface area contributed by atoms with E-state index in [1.54, 1.807) is 42.2 Å². The van der Waals surface area contributed by atoms with Crippen molar-refractivity contribution in [2.75, 3.05) is 30.0 Å². The number of aryl methyl sites for hydroxylation is 1. The van der Waals surface area contributed by atoms with Crippen molar-refractivity contribution in [3.8, 4) is 0 Å². The number of aliphatic hydroxyl groups is 1. The molecule has 0 bridgehead atoms. The topological polar surface area (TPSA) is 119 Å². The van der Waals surface area contributed by atoms with Crippen molar-refractivity contribution in [3.05, 3.63) is 71.5 Å². The Labute approximate surface area is 238 Å². The molecule has 2 fully saturated rings. The number of nitrogens with one attached hydrogen (secondary N) is 1. The molecule has 0 saturated carbocycles. The molecule has 2 aromatic carbocycles. The van der Waals surface area contributed by atoms with E-state index in [4.69, 9.17) is 9.47 Å². The fourth-order valence-electron chi connectivity index (χ4n) is 6.82. The Balaban J connectivity index is 1.27. The second-order valence-corrected chi connectivity index (χ2v) is 15.4. The molecule has 2 saturated heterocycles. The number of hydrogen-bond acceptors (Lipinski definition) is 7. The fraction of sp³-hybridized carbons (Fsp3) is 0.448. The van der Waals surface area contributed by atoms with Gasteiger partial charge in [-0.15, -0.1) is 5.10 Å². The van der Waals surface area contributed by atoms with Crippen LogP contribution in [0.2, 0.25) is 18.6 Å². The molecule has 5 atom stereocenters. The first-order chi connectivity index (χ1) is 19.6. The molecular formula is C29H34FN5O5Si. The lowest BCUT2D eigenvalue weighted by atomic mass is 9.82. The summed E-state index contributed by atoms with van der Waals surface area (Å²) in [6, 6.07) is 15.0. The summed E-state index contributed by atoms with van der Waals surface area (Å²) >= 11 is 0. The molecule has 41 heavy (non-hydrogen) atoms. The minimum absolute atomic E-state index is 0.107. The molecule has 4 heterocycles. The maximum Gasteiger partial charge on any atom is 0.414 e. The van der Waals surface area contributed by atoms with Crippen LogP contribution in [0.4, 0.5) is 20.3 Å². The van der Waals surface area contributed by atoms with Crippen molar-refractivity contribution in [2.24, 2.45) is 5.92 Å². The number of carbonyl (C=O) groups excluding carboxylic acids is 2. The lowest BCUT2D eigenvalue weighted by Crippen LogP contribution is -2.42. The Morgan fingerprint density at radius 2 is 2.00 bits per heavy atom. The molecule has 0 aliphatic carbocycles. The van der Waals surface area contributed by atoms with Gasteiger partial charge in [-0.1, -0.05) is 42.5 Å². The van der Waals surface area contributed by atoms with E-state index >= 15 is 4.11 Å². The number of nitrogens with zero attached hydrogens (tertiary/aromatic N) is 4. The summed E-state index contributed by atoms with van der Waals surface area (Å²) in [4.78, 5) is 27.4. The third kappa shape index (κ3) is 4.63. The molecule has 3 aliphatic heterocycles. The normalized spacial score (nSPS) is 26.4. The summed E-state index contributed by atoms with van der Waals surface area (Å²) in [7, 11) is -3.31. The van der Waals surface area contributed by atoms with E-state index in [9.17, 15) is 14.7 Å². The largest absolute Gasteiger partial charge is 0.447 e. The number of ether oxygens (including phenoxy) is 2. The summed E-state index contributed by atoms with van der Waals surface area (Å²) in [5.41, 5.74) is 1.59. The number of anilines is 2. The Morgan fingerprint density at radius 3 is 2.68 bits per heavy atom. The van der Waals surface area contributed by atoms with Crippen molar-refractivity contribution in [2.45, 2.75) is 56.1 Å². The third-order valence-corrected chi connectivity index (χ3v) is 11.2. The molecule has 3 aromatic rings. The monoisotopic (exact) mass is 579 g/mol. The van der Waals surface area contributed by atoms with E-state index in [1.807, 2.05) is 37.3 Å². The highest BCUT2D eigenvalue weighted by molar-refractivity contribution is 6.72. The number of benzene rings is 2. The molecule has 12 heteroatoms. The second-order valence-electron chi connectivity index (χ2n) is 11.6. The van der Waals surface area contributed by atoms with Gasteiger partial charge in [0, 0.05) is 41.1 Å². The number of cyclic esters (lactones) is 1. The number of fused-ring (bicyclic) bond motifs is 2. The highest BCUT2D eigenvalue weighted by Crippen LogP contribution is 2.59. The van der Waals surface area contributed by atoms with Crippen LogP contribution in [0.1, 0.15) is 36.1 Å². The lowest BCUT2D eigenvalue weighted by molar-refractivity contribution is -0.143. The summed E-state index contributed by atoms with van der Waals surface area (Å²) in [6.07, 6.45) is 1.25. The maximum absolute atomic E-state index is 16.0. The molecular weight excluding hydrogens is 545 g/mol.